The summed E-state index contributed by atoms with van der Waals surface area (Å²) in [7, 11) is -2.61. The van der Waals surface area contributed by atoms with Crippen LogP contribution in [0.15, 0.2) is 41.3 Å². The van der Waals surface area contributed by atoms with Gasteiger partial charge in [-0.3, -0.25) is 20.4 Å². The first kappa shape index (κ1) is 19.0. The minimum absolute atomic E-state index is 0.000730. The third kappa shape index (κ3) is 3.97. The van der Waals surface area contributed by atoms with Crippen molar-refractivity contribution in [2.45, 2.75) is 4.90 Å². The lowest BCUT2D eigenvalue weighted by molar-refractivity contribution is 0.0846. The van der Waals surface area contributed by atoms with Gasteiger partial charge in [-0.15, -0.1) is 0 Å². The fourth-order valence-corrected chi connectivity index (χ4v) is 3.51. The normalized spacial score (nSPS) is 12.5. The highest BCUT2D eigenvalue weighted by atomic mass is 35.5. The Morgan fingerprint density at radius 3 is 2.22 bits per heavy atom. The zero-order chi connectivity index (χ0) is 19.6. The summed E-state index contributed by atoms with van der Waals surface area (Å²) in [6, 6.07) is 8.28. The van der Waals surface area contributed by atoms with Crippen LogP contribution in [0, 0.1) is 0 Å². The SMILES string of the molecule is CNS(=O)(=O)c1cc(C(=O)NNC(=O)c2ccc3c(c2)OCO3)ccc1Cl. The summed E-state index contributed by atoms with van der Waals surface area (Å²) in [4.78, 5) is 24.1. The van der Waals surface area contributed by atoms with Crippen LogP contribution in [0.5, 0.6) is 11.5 Å². The van der Waals surface area contributed by atoms with Gasteiger partial charge in [0.15, 0.2) is 11.5 Å². The molecule has 0 unspecified atom stereocenters. The van der Waals surface area contributed by atoms with Crippen LogP contribution in [0.1, 0.15) is 20.7 Å². The third-order valence-electron chi connectivity index (χ3n) is 3.68. The molecule has 0 aliphatic carbocycles. The molecular weight excluding hydrogens is 398 g/mol. The molecule has 0 spiro atoms. The Hall–Kier alpha value is -2.82. The first-order valence-corrected chi connectivity index (χ1v) is 9.41. The molecule has 1 heterocycles. The largest absolute Gasteiger partial charge is 0.454 e. The lowest BCUT2D eigenvalue weighted by Crippen LogP contribution is -2.41. The van der Waals surface area contributed by atoms with E-state index in [1.807, 2.05) is 0 Å². The van der Waals surface area contributed by atoms with Crippen LogP contribution in [0.2, 0.25) is 5.02 Å². The fourth-order valence-electron chi connectivity index (χ4n) is 2.26. The molecule has 3 N–H and O–H groups in total. The van der Waals surface area contributed by atoms with Crippen LogP contribution in [-0.2, 0) is 10.0 Å². The van der Waals surface area contributed by atoms with Crippen LogP contribution in [-0.4, -0.2) is 34.1 Å². The molecule has 0 bridgehead atoms. The summed E-state index contributed by atoms with van der Waals surface area (Å²) in [5.74, 6) is -0.351. The molecule has 0 fully saturated rings. The van der Waals surface area contributed by atoms with Gasteiger partial charge in [0, 0.05) is 11.1 Å². The van der Waals surface area contributed by atoms with Crippen molar-refractivity contribution in [1.29, 1.82) is 0 Å². The number of halogens is 1. The van der Waals surface area contributed by atoms with Gasteiger partial charge in [0.25, 0.3) is 11.8 Å². The number of carbonyl (C=O) groups excluding carboxylic acids is 2. The zero-order valence-corrected chi connectivity index (χ0v) is 15.5. The second-order valence-corrected chi connectivity index (χ2v) is 7.59. The van der Waals surface area contributed by atoms with E-state index in [4.69, 9.17) is 21.1 Å². The Labute approximate surface area is 159 Å². The Balaban J connectivity index is 1.71. The number of amides is 2. The number of benzene rings is 2. The molecule has 0 saturated heterocycles. The van der Waals surface area contributed by atoms with Crippen molar-refractivity contribution in [3.05, 3.63) is 52.5 Å². The summed E-state index contributed by atoms with van der Waals surface area (Å²) in [5.41, 5.74) is 4.70. The van der Waals surface area contributed by atoms with Gasteiger partial charge in [-0.05, 0) is 43.4 Å². The van der Waals surface area contributed by atoms with E-state index in [1.54, 1.807) is 6.07 Å². The van der Waals surface area contributed by atoms with Gasteiger partial charge in [0.1, 0.15) is 4.90 Å². The van der Waals surface area contributed by atoms with Crippen LogP contribution >= 0.6 is 11.6 Å². The first-order valence-electron chi connectivity index (χ1n) is 7.55. The summed E-state index contributed by atoms with van der Waals surface area (Å²) in [5, 5.41) is -0.0368. The number of carbonyl (C=O) groups is 2. The highest BCUT2D eigenvalue weighted by Gasteiger charge is 2.20. The Kier molecular flexibility index (Phi) is 5.22. The van der Waals surface area contributed by atoms with Crippen LogP contribution in [0.3, 0.4) is 0 Å². The molecule has 27 heavy (non-hydrogen) atoms. The van der Waals surface area contributed by atoms with E-state index in [0.29, 0.717) is 11.5 Å². The van der Waals surface area contributed by atoms with Gasteiger partial charge in [0.2, 0.25) is 16.8 Å². The second-order valence-electron chi connectivity index (χ2n) is 5.33. The molecule has 2 aromatic rings. The van der Waals surface area contributed by atoms with Crippen LogP contribution in [0.4, 0.5) is 0 Å². The lowest BCUT2D eigenvalue weighted by atomic mass is 10.2. The van der Waals surface area contributed by atoms with Gasteiger partial charge in [-0.1, -0.05) is 11.6 Å². The molecule has 142 valence electrons. The quantitative estimate of drug-likeness (QED) is 0.646. The zero-order valence-electron chi connectivity index (χ0n) is 13.9. The number of rotatable bonds is 4. The van der Waals surface area contributed by atoms with Crippen LogP contribution < -0.4 is 25.0 Å². The van der Waals surface area contributed by atoms with E-state index in [0.717, 1.165) is 6.07 Å². The smallest absolute Gasteiger partial charge is 0.269 e. The summed E-state index contributed by atoms with van der Waals surface area (Å²) in [6.07, 6.45) is 0. The maximum atomic E-state index is 12.2. The number of nitrogens with one attached hydrogen (secondary N) is 3. The number of ether oxygens (including phenoxy) is 2. The van der Waals surface area contributed by atoms with Crippen molar-refractivity contribution in [2.75, 3.05) is 13.8 Å². The van der Waals surface area contributed by atoms with Crippen molar-refractivity contribution < 1.29 is 27.5 Å². The summed E-state index contributed by atoms with van der Waals surface area (Å²) >= 11 is 5.88. The molecular formula is C16H14ClN3O6S. The molecule has 2 aromatic carbocycles. The maximum Gasteiger partial charge on any atom is 0.269 e. The number of hydrogen-bond donors (Lipinski definition) is 3. The molecule has 11 heteroatoms. The topological polar surface area (TPSA) is 123 Å². The minimum Gasteiger partial charge on any atom is -0.454 e. The van der Waals surface area contributed by atoms with E-state index in [2.05, 4.69) is 15.6 Å². The van der Waals surface area contributed by atoms with E-state index in [-0.39, 0.29) is 27.8 Å². The average Bonchev–Trinajstić information content (AvgIpc) is 3.13. The second kappa shape index (κ2) is 7.43. The van der Waals surface area contributed by atoms with E-state index >= 15 is 0 Å². The lowest BCUT2D eigenvalue weighted by Gasteiger charge is -2.10. The molecule has 0 radical (unpaired) electrons. The summed E-state index contributed by atoms with van der Waals surface area (Å²) < 4.78 is 36.3. The van der Waals surface area contributed by atoms with E-state index < -0.39 is 21.8 Å². The predicted molar refractivity (Wildman–Crippen MR) is 95.2 cm³/mol. The number of fused-ring (bicyclic) bond motifs is 1. The molecule has 9 nitrogen and oxygen atoms in total. The summed E-state index contributed by atoms with van der Waals surface area (Å²) in [6.45, 7) is 0.0750. The average molecular weight is 412 g/mol. The van der Waals surface area contributed by atoms with Gasteiger partial charge in [-0.25, -0.2) is 13.1 Å². The highest BCUT2D eigenvalue weighted by molar-refractivity contribution is 7.89. The standard InChI is InChI=1S/C16H14ClN3O6S/c1-18-27(23,24)14-7-10(2-4-11(14)17)16(22)20-19-15(21)9-3-5-12-13(6-9)26-8-25-12/h2-7,18H,8H2,1H3,(H,19,21)(H,20,22). The number of hydrazine groups is 1. The van der Waals surface area contributed by atoms with Gasteiger partial charge in [-0.2, -0.15) is 0 Å². The number of sulfonamides is 1. The minimum atomic E-state index is -3.84. The van der Waals surface area contributed by atoms with E-state index in [1.165, 1.54) is 31.3 Å². The fraction of sp³-hybridized carbons (Fsp3) is 0.125. The van der Waals surface area contributed by atoms with E-state index in [9.17, 15) is 18.0 Å². The molecule has 0 atom stereocenters. The molecule has 0 saturated carbocycles. The molecule has 2 amide bonds. The number of hydrogen-bond acceptors (Lipinski definition) is 6. The van der Waals surface area contributed by atoms with Gasteiger partial charge in [0.05, 0.1) is 5.02 Å². The van der Waals surface area contributed by atoms with Gasteiger partial charge < -0.3 is 9.47 Å². The molecule has 1 aliphatic rings. The monoisotopic (exact) mass is 411 g/mol. The van der Waals surface area contributed by atoms with Crippen molar-refractivity contribution >= 4 is 33.4 Å². The predicted octanol–water partition coefficient (Wildman–Crippen LogP) is 1.05. The van der Waals surface area contributed by atoms with Crippen molar-refractivity contribution in [1.82, 2.24) is 15.6 Å². The van der Waals surface area contributed by atoms with Crippen LogP contribution in [0.25, 0.3) is 0 Å². The molecule has 0 aromatic heterocycles. The molecule has 3 rings (SSSR count). The Morgan fingerprint density at radius 2 is 1.56 bits per heavy atom. The third-order valence-corrected chi connectivity index (χ3v) is 5.57. The molecule has 1 aliphatic heterocycles. The Bertz CT molecular complexity index is 1020. The van der Waals surface area contributed by atoms with Crippen molar-refractivity contribution in [2.24, 2.45) is 0 Å². The first-order chi connectivity index (χ1) is 12.8. The highest BCUT2D eigenvalue weighted by Crippen LogP contribution is 2.32. The Morgan fingerprint density at radius 1 is 0.963 bits per heavy atom. The van der Waals surface area contributed by atoms with Crippen molar-refractivity contribution in [3.63, 3.8) is 0 Å². The maximum absolute atomic E-state index is 12.2. The van der Waals surface area contributed by atoms with Crippen molar-refractivity contribution in [3.8, 4) is 11.5 Å². The van der Waals surface area contributed by atoms with Gasteiger partial charge >= 0.3 is 0 Å².